The van der Waals surface area contributed by atoms with Crippen LogP contribution >= 0.6 is 15.9 Å². The minimum absolute atomic E-state index is 0.0249. The van der Waals surface area contributed by atoms with Crippen LogP contribution in [0.2, 0.25) is 0 Å². The molecule has 1 aromatic carbocycles. The molecule has 0 aliphatic heterocycles. The van der Waals surface area contributed by atoms with E-state index in [9.17, 15) is 12.8 Å². The molecule has 1 heterocycles. The summed E-state index contributed by atoms with van der Waals surface area (Å²) < 4.78 is 45.1. The lowest BCUT2D eigenvalue weighted by Crippen LogP contribution is -2.14. The lowest BCUT2D eigenvalue weighted by atomic mass is 10.2. The molecule has 2 aromatic rings. The summed E-state index contributed by atoms with van der Waals surface area (Å²) in [5, 5.41) is 8.93. The first-order valence-corrected chi connectivity index (χ1v) is 7.80. The largest absolute Gasteiger partial charge is 0.450 e. The molecular weight excluding hydrogens is 353 g/mol. The Morgan fingerprint density at radius 2 is 2.15 bits per heavy atom. The molecule has 0 saturated carbocycles. The molecular formula is C12H11BrFNO4S. The van der Waals surface area contributed by atoms with E-state index in [2.05, 4.69) is 20.7 Å². The highest BCUT2D eigenvalue weighted by molar-refractivity contribution is 9.10. The lowest BCUT2D eigenvalue weighted by Gasteiger charge is -2.09. The van der Waals surface area contributed by atoms with Crippen LogP contribution in [0.15, 0.2) is 38.2 Å². The summed E-state index contributed by atoms with van der Waals surface area (Å²) in [4.78, 5) is -0.162. The minimum atomic E-state index is -3.94. The maximum Gasteiger partial charge on any atom is 0.266 e. The number of hydrogen-bond acceptors (Lipinski definition) is 4. The molecule has 0 aliphatic carbocycles. The van der Waals surface area contributed by atoms with Gasteiger partial charge >= 0.3 is 0 Å². The van der Waals surface area contributed by atoms with Crippen molar-refractivity contribution in [1.82, 2.24) is 0 Å². The highest BCUT2D eigenvalue weighted by atomic mass is 79.9. The summed E-state index contributed by atoms with van der Waals surface area (Å²) in [7, 11) is -3.94. The second kappa shape index (κ2) is 5.55. The van der Waals surface area contributed by atoms with Crippen molar-refractivity contribution >= 4 is 31.6 Å². The summed E-state index contributed by atoms with van der Waals surface area (Å²) in [6, 6.07) is 5.30. The van der Waals surface area contributed by atoms with Crippen LogP contribution in [-0.2, 0) is 16.6 Å². The quantitative estimate of drug-likeness (QED) is 0.875. The summed E-state index contributed by atoms with van der Waals surface area (Å²) in [5.41, 5.74) is 0.335. The molecule has 0 fully saturated rings. The summed E-state index contributed by atoms with van der Waals surface area (Å²) in [6.07, 6.45) is 0. The summed E-state index contributed by atoms with van der Waals surface area (Å²) in [5.74, 6) is -0.402. The summed E-state index contributed by atoms with van der Waals surface area (Å²) in [6.45, 7) is 1.05. The Morgan fingerprint density at radius 3 is 2.75 bits per heavy atom. The molecule has 5 nitrogen and oxygen atoms in total. The van der Waals surface area contributed by atoms with Gasteiger partial charge in [-0.15, -0.1) is 0 Å². The van der Waals surface area contributed by atoms with Gasteiger partial charge in [-0.25, -0.2) is 12.8 Å². The number of benzene rings is 1. The number of aliphatic hydroxyl groups excluding tert-OH is 1. The van der Waals surface area contributed by atoms with E-state index in [0.717, 1.165) is 0 Å². The van der Waals surface area contributed by atoms with E-state index in [1.165, 1.54) is 31.2 Å². The van der Waals surface area contributed by atoms with Crippen molar-refractivity contribution in [1.29, 1.82) is 0 Å². The van der Waals surface area contributed by atoms with E-state index in [-0.39, 0.29) is 26.6 Å². The predicted octanol–water partition coefficient (Wildman–Crippen LogP) is 2.78. The standard InChI is InChI=1S/C12H11BrFNO4S/c1-7-9(14)3-2-4-10(7)15-20(17,18)11-5-8(6-16)19-12(11)13/h2-5,15-16H,6H2,1H3. The minimum Gasteiger partial charge on any atom is -0.450 e. The zero-order valence-corrected chi connectivity index (χ0v) is 12.8. The average Bonchev–Trinajstić information content (AvgIpc) is 2.77. The van der Waals surface area contributed by atoms with E-state index in [1.54, 1.807) is 0 Å². The van der Waals surface area contributed by atoms with Crippen LogP contribution in [0.4, 0.5) is 10.1 Å². The smallest absolute Gasteiger partial charge is 0.266 e. The highest BCUT2D eigenvalue weighted by Gasteiger charge is 2.23. The molecule has 0 spiro atoms. The van der Waals surface area contributed by atoms with E-state index in [0.29, 0.717) is 0 Å². The Bertz CT molecular complexity index is 742. The summed E-state index contributed by atoms with van der Waals surface area (Å²) >= 11 is 2.97. The number of halogens is 2. The Balaban J connectivity index is 2.40. The second-order valence-corrected chi connectivity index (χ2v) is 6.40. The maximum atomic E-state index is 13.4. The van der Waals surface area contributed by atoms with Gasteiger partial charge in [0.1, 0.15) is 23.1 Å². The third kappa shape index (κ3) is 2.87. The fourth-order valence-electron chi connectivity index (χ4n) is 1.58. The average molecular weight is 364 g/mol. The first kappa shape index (κ1) is 15.0. The third-order valence-electron chi connectivity index (χ3n) is 2.66. The molecule has 0 bridgehead atoms. The number of sulfonamides is 1. The van der Waals surface area contributed by atoms with Gasteiger partial charge in [-0.05, 0) is 35.0 Å². The predicted molar refractivity (Wildman–Crippen MR) is 74.3 cm³/mol. The van der Waals surface area contributed by atoms with Crippen molar-refractivity contribution in [2.45, 2.75) is 18.4 Å². The van der Waals surface area contributed by atoms with Crippen molar-refractivity contribution in [2.24, 2.45) is 0 Å². The molecule has 20 heavy (non-hydrogen) atoms. The van der Waals surface area contributed by atoms with Gasteiger partial charge in [-0.1, -0.05) is 6.07 Å². The van der Waals surface area contributed by atoms with Gasteiger partial charge in [0.2, 0.25) is 0 Å². The van der Waals surface area contributed by atoms with Crippen LogP contribution in [0.3, 0.4) is 0 Å². The van der Waals surface area contributed by atoms with Gasteiger partial charge in [0, 0.05) is 11.6 Å². The van der Waals surface area contributed by atoms with Crippen LogP contribution in [0.25, 0.3) is 0 Å². The molecule has 1 aromatic heterocycles. The van der Waals surface area contributed by atoms with Crippen LogP contribution in [0.1, 0.15) is 11.3 Å². The van der Waals surface area contributed by atoms with Crippen molar-refractivity contribution in [3.8, 4) is 0 Å². The van der Waals surface area contributed by atoms with Crippen molar-refractivity contribution in [2.75, 3.05) is 4.72 Å². The topological polar surface area (TPSA) is 79.5 Å². The van der Waals surface area contributed by atoms with Crippen LogP contribution < -0.4 is 4.72 Å². The first-order chi connectivity index (χ1) is 9.35. The van der Waals surface area contributed by atoms with Crippen molar-refractivity contribution < 1.29 is 22.3 Å². The molecule has 0 unspecified atom stereocenters. The molecule has 2 N–H and O–H groups in total. The number of furan rings is 1. The Morgan fingerprint density at radius 1 is 1.45 bits per heavy atom. The van der Waals surface area contributed by atoms with E-state index in [1.807, 2.05) is 0 Å². The zero-order valence-electron chi connectivity index (χ0n) is 10.4. The number of nitrogens with one attached hydrogen (secondary N) is 1. The number of anilines is 1. The van der Waals surface area contributed by atoms with Crippen molar-refractivity contribution in [3.05, 3.63) is 46.1 Å². The van der Waals surface area contributed by atoms with Gasteiger partial charge in [-0.2, -0.15) is 0 Å². The molecule has 0 amide bonds. The number of hydrogen-bond donors (Lipinski definition) is 2. The Kier molecular flexibility index (Phi) is 4.17. The number of aliphatic hydroxyl groups is 1. The van der Waals surface area contributed by atoms with Gasteiger partial charge in [-0.3, -0.25) is 4.72 Å². The van der Waals surface area contributed by atoms with E-state index >= 15 is 0 Å². The lowest BCUT2D eigenvalue weighted by molar-refractivity contribution is 0.245. The molecule has 0 radical (unpaired) electrons. The van der Waals surface area contributed by atoms with E-state index in [4.69, 9.17) is 9.52 Å². The van der Waals surface area contributed by atoms with Crippen LogP contribution in [-0.4, -0.2) is 13.5 Å². The SMILES string of the molecule is Cc1c(F)cccc1NS(=O)(=O)c1cc(CO)oc1Br. The third-order valence-corrected chi connectivity index (χ3v) is 4.89. The van der Waals surface area contributed by atoms with Crippen LogP contribution in [0, 0.1) is 12.7 Å². The van der Waals surface area contributed by atoms with Crippen LogP contribution in [0.5, 0.6) is 0 Å². The molecule has 8 heteroatoms. The Labute approximate surface area is 123 Å². The van der Waals surface area contributed by atoms with Gasteiger partial charge < -0.3 is 9.52 Å². The Hall–Kier alpha value is -1.38. The van der Waals surface area contributed by atoms with Gasteiger partial charge in [0.05, 0.1) is 5.69 Å². The fraction of sp³-hybridized carbons (Fsp3) is 0.167. The first-order valence-electron chi connectivity index (χ1n) is 5.52. The number of rotatable bonds is 4. The molecule has 108 valence electrons. The monoisotopic (exact) mass is 363 g/mol. The van der Waals surface area contributed by atoms with Gasteiger partial charge in [0.15, 0.2) is 4.67 Å². The molecule has 0 saturated heterocycles. The second-order valence-electron chi connectivity index (χ2n) is 4.03. The van der Waals surface area contributed by atoms with Gasteiger partial charge in [0.25, 0.3) is 10.0 Å². The molecule has 2 rings (SSSR count). The molecule has 0 aliphatic rings. The fourth-order valence-corrected chi connectivity index (χ4v) is 3.70. The normalized spacial score (nSPS) is 11.6. The molecule has 0 atom stereocenters. The zero-order chi connectivity index (χ0) is 14.9. The maximum absolute atomic E-state index is 13.4. The van der Waals surface area contributed by atoms with E-state index < -0.39 is 22.4 Å². The highest BCUT2D eigenvalue weighted by Crippen LogP contribution is 2.29. The van der Waals surface area contributed by atoms with Crippen molar-refractivity contribution in [3.63, 3.8) is 0 Å².